The lowest BCUT2D eigenvalue weighted by Gasteiger charge is -2.06. The molecule has 3 rings (SSSR count). The fourth-order valence-corrected chi connectivity index (χ4v) is 3.40. The summed E-state index contributed by atoms with van der Waals surface area (Å²) in [6, 6.07) is 16.3. The number of furan rings is 1. The second-order valence-electron chi connectivity index (χ2n) is 7.65. The maximum atomic E-state index is 6.08. The molecule has 0 radical (unpaired) electrons. The van der Waals surface area contributed by atoms with Gasteiger partial charge in [0.05, 0.1) is 13.2 Å². The van der Waals surface area contributed by atoms with Gasteiger partial charge in [-0.1, -0.05) is 52.4 Å². The fourth-order valence-electron chi connectivity index (χ4n) is 3.40. The Hall–Kier alpha value is -2.42. The van der Waals surface area contributed by atoms with E-state index in [1.165, 1.54) is 38.5 Å². The first-order valence-electron chi connectivity index (χ1n) is 11.2. The van der Waals surface area contributed by atoms with Crippen LogP contribution < -0.4 is 9.47 Å². The van der Waals surface area contributed by atoms with Crippen LogP contribution in [0, 0.1) is 0 Å². The van der Waals surface area contributed by atoms with Crippen molar-refractivity contribution in [1.29, 1.82) is 0 Å². The molecule has 0 N–H and O–H groups in total. The van der Waals surface area contributed by atoms with E-state index >= 15 is 0 Å². The molecule has 0 saturated carbocycles. The van der Waals surface area contributed by atoms with Crippen LogP contribution in [0.25, 0.3) is 22.3 Å². The van der Waals surface area contributed by atoms with Gasteiger partial charge in [0.1, 0.15) is 22.8 Å². The molecule has 0 spiro atoms. The van der Waals surface area contributed by atoms with Crippen LogP contribution in [-0.4, -0.2) is 13.2 Å². The molecule has 0 fully saturated rings. The van der Waals surface area contributed by atoms with Crippen LogP contribution in [-0.2, 0) is 0 Å². The molecule has 29 heavy (non-hydrogen) atoms. The third-order valence-corrected chi connectivity index (χ3v) is 5.16. The summed E-state index contributed by atoms with van der Waals surface area (Å²) < 4.78 is 17.8. The van der Waals surface area contributed by atoms with Crippen molar-refractivity contribution >= 4 is 11.0 Å². The summed E-state index contributed by atoms with van der Waals surface area (Å²) >= 11 is 0. The van der Waals surface area contributed by atoms with Crippen molar-refractivity contribution in [2.24, 2.45) is 0 Å². The largest absolute Gasteiger partial charge is 0.494 e. The van der Waals surface area contributed by atoms with E-state index in [2.05, 4.69) is 38.1 Å². The van der Waals surface area contributed by atoms with Gasteiger partial charge in [0.15, 0.2) is 0 Å². The molecular weight excluding hydrogens is 360 g/mol. The monoisotopic (exact) mass is 394 g/mol. The summed E-state index contributed by atoms with van der Waals surface area (Å²) in [5, 5.41) is 1.09. The zero-order valence-electron chi connectivity index (χ0n) is 17.9. The van der Waals surface area contributed by atoms with Crippen LogP contribution in [0.3, 0.4) is 0 Å². The SMILES string of the molecule is CCCCCCOc1ccc(-c2cc3ccc(OCCCCCC)cc3o2)cc1. The number of hydrogen-bond donors (Lipinski definition) is 0. The average molecular weight is 395 g/mol. The average Bonchev–Trinajstić information content (AvgIpc) is 3.17. The predicted molar refractivity (Wildman–Crippen MR) is 121 cm³/mol. The van der Waals surface area contributed by atoms with Gasteiger partial charge in [-0.25, -0.2) is 0 Å². The highest BCUT2D eigenvalue weighted by Gasteiger charge is 2.08. The van der Waals surface area contributed by atoms with Gasteiger partial charge >= 0.3 is 0 Å². The summed E-state index contributed by atoms with van der Waals surface area (Å²) in [5.41, 5.74) is 1.92. The molecule has 0 aliphatic heterocycles. The molecule has 2 aromatic carbocycles. The minimum absolute atomic E-state index is 0.763. The predicted octanol–water partition coefficient (Wildman–Crippen LogP) is 8.02. The van der Waals surface area contributed by atoms with E-state index in [0.29, 0.717) is 0 Å². The van der Waals surface area contributed by atoms with Crippen LogP contribution in [0.15, 0.2) is 52.9 Å². The van der Waals surface area contributed by atoms with Gasteiger partial charge in [0.2, 0.25) is 0 Å². The third-order valence-electron chi connectivity index (χ3n) is 5.16. The molecule has 156 valence electrons. The molecular formula is C26H34O3. The Morgan fingerprint density at radius 3 is 1.93 bits per heavy atom. The van der Waals surface area contributed by atoms with Crippen LogP contribution in [0.5, 0.6) is 11.5 Å². The molecule has 0 amide bonds. The summed E-state index contributed by atoms with van der Waals surface area (Å²) in [4.78, 5) is 0. The smallest absolute Gasteiger partial charge is 0.138 e. The highest BCUT2D eigenvalue weighted by atomic mass is 16.5. The molecule has 3 aromatic rings. The van der Waals surface area contributed by atoms with E-state index < -0.39 is 0 Å². The Morgan fingerprint density at radius 1 is 0.655 bits per heavy atom. The second-order valence-corrected chi connectivity index (χ2v) is 7.65. The Morgan fingerprint density at radius 2 is 1.28 bits per heavy atom. The van der Waals surface area contributed by atoms with Crippen molar-refractivity contribution in [3.8, 4) is 22.8 Å². The number of hydrogen-bond acceptors (Lipinski definition) is 3. The van der Waals surface area contributed by atoms with E-state index in [-0.39, 0.29) is 0 Å². The standard InChI is InChI=1S/C26H34O3/c1-3-5-7-9-17-27-23-14-11-21(12-15-23)25-19-22-13-16-24(20-26(22)29-25)28-18-10-8-6-4-2/h11-16,19-20H,3-10,17-18H2,1-2H3. The first-order chi connectivity index (χ1) is 14.3. The Labute approximate surface area is 175 Å². The minimum Gasteiger partial charge on any atom is -0.494 e. The lowest BCUT2D eigenvalue weighted by Crippen LogP contribution is -1.96. The minimum atomic E-state index is 0.763. The normalized spacial score (nSPS) is 11.1. The van der Waals surface area contributed by atoms with Gasteiger partial charge in [-0.2, -0.15) is 0 Å². The molecule has 0 aliphatic rings. The van der Waals surface area contributed by atoms with Gasteiger partial charge in [-0.15, -0.1) is 0 Å². The molecule has 0 unspecified atom stereocenters. The van der Waals surface area contributed by atoms with Crippen LogP contribution in [0.4, 0.5) is 0 Å². The number of rotatable bonds is 13. The van der Waals surface area contributed by atoms with Gasteiger partial charge in [0.25, 0.3) is 0 Å². The third kappa shape index (κ3) is 6.56. The second kappa shape index (κ2) is 11.5. The van der Waals surface area contributed by atoms with Gasteiger partial charge in [-0.05, 0) is 55.3 Å². The maximum Gasteiger partial charge on any atom is 0.138 e. The van der Waals surface area contributed by atoms with Crippen molar-refractivity contribution in [2.45, 2.75) is 65.2 Å². The topological polar surface area (TPSA) is 31.6 Å². The van der Waals surface area contributed by atoms with E-state index in [9.17, 15) is 0 Å². The summed E-state index contributed by atoms with van der Waals surface area (Å²) in [5.74, 6) is 2.66. The number of ether oxygens (including phenoxy) is 2. The highest BCUT2D eigenvalue weighted by Crippen LogP contribution is 2.31. The van der Waals surface area contributed by atoms with Gasteiger partial charge < -0.3 is 13.9 Å². The van der Waals surface area contributed by atoms with Crippen molar-refractivity contribution in [1.82, 2.24) is 0 Å². The highest BCUT2D eigenvalue weighted by molar-refractivity contribution is 5.84. The molecule has 3 heteroatoms. The van der Waals surface area contributed by atoms with Crippen molar-refractivity contribution in [3.05, 3.63) is 48.5 Å². The molecule has 1 heterocycles. The zero-order valence-corrected chi connectivity index (χ0v) is 17.9. The number of unbranched alkanes of at least 4 members (excludes halogenated alkanes) is 6. The van der Waals surface area contributed by atoms with E-state index in [1.807, 2.05) is 24.3 Å². The molecule has 3 nitrogen and oxygen atoms in total. The molecule has 1 aromatic heterocycles. The van der Waals surface area contributed by atoms with Crippen LogP contribution >= 0.6 is 0 Å². The van der Waals surface area contributed by atoms with Gasteiger partial charge in [-0.3, -0.25) is 0 Å². The first-order valence-corrected chi connectivity index (χ1v) is 11.2. The Balaban J connectivity index is 1.56. The quantitative estimate of drug-likeness (QED) is 0.275. The fraction of sp³-hybridized carbons (Fsp3) is 0.462. The van der Waals surface area contributed by atoms with Gasteiger partial charge in [0, 0.05) is 17.0 Å². The van der Waals surface area contributed by atoms with Crippen LogP contribution in [0.2, 0.25) is 0 Å². The summed E-state index contributed by atoms with van der Waals surface area (Å²) in [6.07, 6.45) is 9.71. The molecule has 0 atom stereocenters. The summed E-state index contributed by atoms with van der Waals surface area (Å²) in [7, 11) is 0. The lowest BCUT2D eigenvalue weighted by atomic mass is 10.1. The Bertz CT molecular complexity index is 848. The van der Waals surface area contributed by atoms with Crippen molar-refractivity contribution in [3.63, 3.8) is 0 Å². The first kappa shape index (κ1) is 21.3. The van der Waals surface area contributed by atoms with Crippen molar-refractivity contribution in [2.75, 3.05) is 13.2 Å². The molecule has 0 aliphatic carbocycles. The molecule has 0 saturated heterocycles. The number of benzene rings is 2. The van der Waals surface area contributed by atoms with Crippen molar-refractivity contribution < 1.29 is 13.9 Å². The lowest BCUT2D eigenvalue weighted by molar-refractivity contribution is 0.305. The van der Waals surface area contributed by atoms with E-state index in [1.54, 1.807) is 0 Å². The summed E-state index contributed by atoms with van der Waals surface area (Å²) in [6.45, 7) is 5.99. The Kier molecular flexibility index (Phi) is 8.48. The zero-order chi connectivity index (χ0) is 20.3. The maximum absolute atomic E-state index is 6.08. The van der Waals surface area contributed by atoms with E-state index in [0.717, 1.165) is 59.8 Å². The van der Waals surface area contributed by atoms with E-state index in [4.69, 9.17) is 13.9 Å². The van der Waals surface area contributed by atoms with Crippen LogP contribution in [0.1, 0.15) is 65.2 Å². The molecule has 0 bridgehead atoms. The number of fused-ring (bicyclic) bond motifs is 1.